The Morgan fingerprint density at radius 1 is 1.20 bits per heavy atom. The minimum Gasteiger partial charge on any atom is -0.454 e. The monoisotopic (exact) mass is 354 g/mol. The van der Waals surface area contributed by atoms with E-state index in [1.165, 1.54) is 4.90 Å². The normalized spacial score (nSPS) is 19.0. The number of carbonyl (C=O) groups is 1. The smallest absolute Gasteiger partial charge is 0.451 e. The second-order valence-electron chi connectivity index (χ2n) is 5.77. The van der Waals surface area contributed by atoms with Gasteiger partial charge in [0.2, 0.25) is 12.6 Å². The average molecular weight is 354 g/mol. The van der Waals surface area contributed by atoms with Crippen LogP contribution in [-0.4, -0.2) is 38.9 Å². The molecule has 0 saturated heterocycles. The van der Waals surface area contributed by atoms with E-state index in [0.717, 1.165) is 4.57 Å². The van der Waals surface area contributed by atoms with Crippen LogP contribution < -0.4 is 9.47 Å². The molecule has 0 saturated carbocycles. The Labute approximate surface area is 140 Å². The maximum atomic E-state index is 13.0. The number of halogens is 3. The average Bonchev–Trinajstić information content (AvgIpc) is 3.20. The minimum absolute atomic E-state index is 0.0161. The number of hydrogen-bond donors (Lipinski definition) is 0. The lowest BCUT2D eigenvalue weighted by molar-refractivity contribution is -0.148. The van der Waals surface area contributed by atoms with Crippen molar-refractivity contribution < 1.29 is 27.4 Å². The first-order chi connectivity index (χ1) is 11.9. The highest BCUT2D eigenvalue weighted by Gasteiger charge is 2.41. The molecule has 1 atom stereocenters. The van der Waals surface area contributed by atoms with Gasteiger partial charge in [-0.25, -0.2) is 0 Å². The third kappa shape index (κ3) is 2.48. The van der Waals surface area contributed by atoms with E-state index in [4.69, 9.17) is 9.47 Å². The first-order valence-corrected chi connectivity index (χ1v) is 7.57. The van der Waals surface area contributed by atoms with Crippen molar-refractivity contribution in [2.24, 2.45) is 0 Å². The number of aromatic nitrogens is 3. The van der Waals surface area contributed by atoms with Crippen molar-refractivity contribution in [1.29, 1.82) is 0 Å². The number of alkyl halides is 3. The number of fused-ring (bicyclic) bond motifs is 2. The summed E-state index contributed by atoms with van der Waals surface area (Å²) in [6.45, 7) is 1.83. The second kappa shape index (κ2) is 5.36. The molecule has 2 aliphatic heterocycles. The van der Waals surface area contributed by atoms with Crippen LogP contribution in [0.15, 0.2) is 18.2 Å². The molecule has 10 heteroatoms. The summed E-state index contributed by atoms with van der Waals surface area (Å²) >= 11 is 0. The molecule has 0 N–H and O–H groups in total. The van der Waals surface area contributed by atoms with Gasteiger partial charge in [-0.15, -0.1) is 10.2 Å². The molecular formula is C15H13F3N4O3. The van der Waals surface area contributed by atoms with Crippen LogP contribution >= 0.6 is 0 Å². The van der Waals surface area contributed by atoms with Crippen molar-refractivity contribution in [3.05, 3.63) is 35.4 Å². The van der Waals surface area contributed by atoms with Crippen molar-refractivity contribution in [3.63, 3.8) is 0 Å². The van der Waals surface area contributed by atoms with Gasteiger partial charge in [-0.2, -0.15) is 13.2 Å². The number of nitrogens with zero attached hydrogens (tertiary/aromatic N) is 4. The van der Waals surface area contributed by atoms with Gasteiger partial charge < -0.3 is 18.9 Å². The molecule has 0 aliphatic carbocycles. The molecule has 2 aromatic rings. The molecule has 25 heavy (non-hydrogen) atoms. The molecule has 0 bridgehead atoms. The topological polar surface area (TPSA) is 69.5 Å². The Morgan fingerprint density at radius 3 is 2.72 bits per heavy atom. The first kappa shape index (κ1) is 15.7. The molecule has 0 fully saturated rings. The molecule has 4 rings (SSSR count). The fourth-order valence-electron chi connectivity index (χ4n) is 3.07. The van der Waals surface area contributed by atoms with E-state index < -0.39 is 18.0 Å². The highest BCUT2D eigenvalue weighted by molar-refractivity contribution is 5.95. The number of amides is 1. The van der Waals surface area contributed by atoms with Crippen LogP contribution in [0.25, 0.3) is 0 Å². The van der Waals surface area contributed by atoms with E-state index >= 15 is 0 Å². The summed E-state index contributed by atoms with van der Waals surface area (Å²) < 4.78 is 50.3. The van der Waals surface area contributed by atoms with Gasteiger partial charge >= 0.3 is 6.18 Å². The van der Waals surface area contributed by atoms with E-state index in [-0.39, 0.29) is 31.6 Å². The van der Waals surface area contributed by atoms with Crippen molar-refractivity contribution in [3.8, 4) is 11.5 Å². The molecule has 1 aromatic carbocycles. The zero-order chi connectivity index (χ0) is 17.8. The second-order valence-corrected chi connectivity index (χ2v) is 5.77. The molecule has 3 heterocycles. The van der Waals surface area contributed by atoms with E-state index in [9.17, 15) is 18.0 Å². The van der Waals surface area contributed by atoms with Gasteiger partial charge in [0, 0.05) is 18.7 Å². The minimum atomic E-state index is -4.57. The Hall–Kier alpha value is -2.78. The Kier molecular flexibility index (Phi) is 3.37. The molecule has 1 amide bonds. The lowest BCUT2D eigenvalue weighted by Crippen LogP contribution is -2.42. The van der Waals surface area contributed by atoms with Crippen molar-refractivity contribution in [2.45, 2.75) is 25.7 Å². The summed E-state index contributed by atoms with van der Waals surface area (Å²) in [5.74, 6) is -0.207. The van der Waals surface area contributed by atoms with E-state index in [1.807, 2.05) is 0 Å². The quantitative estimate of drug-likeness (QED) is 0.786. The van der Waals surface area contributed by atoms with Gasteiger partial charge in [-0.1, -0.05) is 0 Å². The molecule has 7 nitrogen and oxygen atoms in total. The molecule has 1 aromatic heterocycles. The predicted molar refractivity (Wildman–Crippen MR) is 77.0 cm³/mol. The van der Waals surface area contributed by atoms with Crippen molar-refractivity contribution >= 4 is 5.91 Å². The number of ether oxygens (including phenoxy) is 2. The number of hydrogen-bond acceptors (Lipinski definition) is 5. The Morgan fingerprint density at radius 2 is 1.96 bits per heavy atom. The Balaban J connectivity index is 1.62. The van der Waals surface area contributed by atoms with E-state index in [2.05, 4.69) is 10.2 Å². The Bertz CT molecular complexity index is 849. The van der Waals surface area contributed by atoms with Crippen LogP contribution in [0.3, 0.4) is 0 Å². The lowest BCUT2D eigenvalue weighted by atomic mass is 10.1. The molecular weight excluding hydrogens is 341 g/mol. The molecule has 1 unspecified atom stereocenters. The molecule has 0 spiro atoms. The maximum Gasteiger partial charge on any atom is 0.451 e. The maximum absolute atomic E-state index is 13.0. The van der Waals surface area contributed by atoms with Crippen LogP contribution in [0, 0.1) is 0 Å². The molecule has 2 aliphatic rings. The summed E-state index contributed by atoms with van der Waals surface area (Å²) in [5, 5.41) is 6.89. The summed E-state index contributed by atoms with van der Waals surface area (Å²) in [5.41, 5.74) is 0.375. The lowest BCUT2D eigenvalue weighted by Gasteiger charge is -2.33. The standard InChI is InChI=1S/C15H13F3N4O3/c1-8-12-19-20-14(15(16,17)18)22(12)5-4-21(8)13(23)9-2-3-10-11(6-9)25-7-24-10/h2-3,6,8H,4-5,7H2,1H3. The van der Waals surface area contributed by atoms with Crippen LogP contribution in [0.5, 0.6) is 11.5 Å². The third-order valence-corrected chi connectivity index (χ3v) is 4.32. The highest BCUT2D eigenvalue weighted by Crippen LogP contribution is 2.35. The van der Waals surface area contributed by atoms with Crippen molar-refractivity contribution in [1.82, 2.24) is 19.7 Å². The van der Waals surface area contributed by atoms with Crippen LogP contribution in [0.4, 0.5) is 13.2 Å². The van der Waals surface area contributed by atoms with Crippen molar-refractivity contribution in [2.75, 3.05) is 13.3 Å². The first-order valence-electron chi connectivity index (χ1n) is 7.57. The number of rotatable bonds is 1. The van der Waals surface area contributed by atoms with Gasteiger partial charge in [0.15, 0.2) is 17.3 Å². The number of carbonyl (C=O) groups excluding carboxylic acids is 1. The van der Waals surface area contributed by atoms with Gasteiger partial charge in [0.25, 0.3) is 5.91 Å². The van der Waals surface area contributed by atoms with E-state index in [0.29, 0.717) is 17.1 Å². The van der Waals surface area contributed by atoms with Gasteiger partial charge in [-0.3, -0.25) is 4.79 Å². The highest BCUT2D eigenvalue weighted by atomic mass is 19.4. The van der Waals surface area contributed by atoms with Crippen LogP contribution in [0.2, 0.25) is 0 Å². The summed E-state index contributed by atoms with van der Waals surface area (Å²) in [4.78, 5) is 14.2. The summed E-state index contributed by atoms with van der Waals surface area (Å²) in [7, 11) is 0. The molecule has 0 radical (unpaired) electrons. The number of benzene rings is 1. The fourth-order valence-corrected chi connectivity index (χ4v) is 3.07. The fraction of sp³-hybridized carbons (Fsp3) is 0.400. The zero-order valence-electron chi connectivity index (χ0n) is 13.1. The van der Waals surface area contributed by atoms with Gasteiger partial charge in [-0.05, 0) is 25.1 Å². The van der Waals surface area contributed by atoms with Crippen LogP contribution in [0.1, 0.15) is 35.0 Å². The van der Waals surface area contributed by atoms with Crippen LogP contribution in [-0.2, 0) is 12.7 Å². The van der Waals surface area contributed by atoms with E-state index in [1.54, 1.807) is 25.1 Å². The summed E-state index contributed by atoms with van der Waals surface area (Å²) in [6.07, 6.45) is -4.57. The van der Waals surface area contributed by atoms with Gasteiger partial charge in [0.1, 0.15) is 0 Å². The zero-order valence-corrected chi connectivity index (χ0v) is 13.1. The molecule has 132 valence electrons. The summed E-state index contributed by atoms with van der Waals surface area (Å²) in [6, 6.07) is 4.17. The SMILES string of the molecule is CC1c2nnc(C(F)(F)F)n2CCN1C(=O)c1ccc2c(c1)OCO2. The third-order valence-electron chi connectivity index (χ3n) is 4.32. The largest absolute Gasteiger partial charge is 0.454 e. The van der Waals surface area contributed by atoms with Gasteiger partial charge in [0.05, 0.1) is 6.04 Å². The predicted octanol–water partition coefficient (Wildman–Crippen LogP) is 2.24.